The van der Waals surface area contributed by atoms with Gasteiger partial charge in [0, 0.05) is 20.7 Å². The fourth-order valence-corrected chi connectivity index (χ4v) is 3.77. The molecule has 0 aliphatic rings. The maximum atomic E-state index is 12.9. The molecule has 3 rings (SSSR count). The van der Waals surface area contributed by atoms with Crippen molar-refractivity contribution in [2.45, 2.75) is 30.1 Å². The summed E-state index contributed by atoms with van der Waals surface area (Å²) in [6.45, 7) is 3.47. The number of thioether (sulfide) groups is 1. The van der Waals surface area contributed by atoms with Gasteiger partial charge in [-0.15, -0.1) is 11.8 Å². The minimum absolute atomic E-state index is 0.230. The average Bonchev–Trinajstić information content (AvgIpc) is 2.70. The van der Waals surface area contributed by atoms with Crippen LogP contribution in [0.5, 0.6) is 5.75 Å². The van der Waals surface area contributed by atoms with Crippen molar-refractivity contribution in [3.05, 3.63) is 88.4 Å². The number of benzene rings is 3. The molecule has 6 heteroatoms. The van der Waals surface area contributed by atoms with E-state index in [0.717, 1.165) is 21.9 Å². The molecule has 1 N–H and O–H groups in total. The number of amides is 1. The quantitative estimate of drug-likeness (QED) is 0.394. The first kappa shape index (κ1) is 21.6. The van der Waals surface area contributed by atoms with Crippen molar-refractivity contribution in [2.75, 3.05) is 5.32 Å². The van der Waals surface area contributed by atoms with E-state index in [-0.39, 0.29) is 5.91 Å². The van der Waals surface area contributed by atoms with Gasteiger partial charge in [-0.3, -0.25) is 4.79 Å². The van der Waals surface area contributed by atoms with E-state index in [1.165, 1.54) is 0 Å². The smallest absolute Gasteiger partial charge is 0.268 e. The van der Waals surface area contributed by atoms with Gasteiger partial charge in [0.2, 0.25) is 0 Å². The van der Waals surface area contributed by atoms with E-state index in [9.17, 15) is 4.79 Å². The van der Waals surface area contributed by atoms with Gasteiger partial charge in [0.1, 0.15) is 5.75 Å². The van der Waals surface area contributed by atoms with Gasteiger partial charge in [0.05, 0.1) is 5.69 Å². The highest BCUT2D eigenvalue weighted by Gasteiger charge is 2.30. The lowest BCUT2D eigenvalue weighted by molar-refractivity contribution is -0.128. The Morgan fingerprint density at radius 2 is 1.52 bits per heavy atom. The number of para-hydroxylation sites is 1. The largest absolute Gasteiger partial charge is 0.478 e. The van der Waals surface area contributed by atoms with Crippen molar-refractivity contribution in [3.8, 4) is 5.75 Å². The summed E-state index contributed by atoms with van der Waals surface area (Å²) in [6.07, 6.45) is 0. The van der Waals surface area contributed by atoms with Crippen LogP contribution >= 0.6 is 35.0 Å². The molecule has 0 aliphatic heterocycles. The van der Waals surface area contributed by atoms with Crippen molar-refractivity contribution in [2.24, 2.45) is 0 Å². The molecule has 0 heterocycles. The Balaban J connectivity index is 1.67. The standard InChI is InChI=1S/C23H21Cl2NO2S/c1-23(2,28-19-13-11-18(25)12-14-19)22(27)26-20-5-3-4-6-21(20)29-15-16-7-9-17(24)10-8-16/h3-14H,15H2,1-2H3,(H,26,27). The Morgan fingerprint density at radius 1 is 0.931 bits per heavy atom. The van der Waals surface area contributed by atoms with Crippen LogP contribution in [-0.4, -0.2) is 11.5 Å². The molecule has 0 aromatic heterocycles. The zero-order chi connectivity index (χ0) is 20.9. The number of carbonyl (C=O) groups excluding carboxylic acids is 1. The van der Waals surface area contributed by atoms with Gasteiger partial charge in [0.15, 0.2) is 5.60 Å². The highest BCUT2D eigenvalue weighted by Crippen LogP contribution is 2.31. The van der Waals surface area contributed by atoms with Crippen LogP contribution in [0.3, 0.4) is 0 Å². The zero-order valence-corrected chi connectivity index (χ0v) is 18.4. The summed E-state index contributed by atoms with van der Waals surface area (Å²) in [4.78, 5) is 13.9. The molecule has 3 aromatic rings. The number of hydrogen-bond acceptors (Lipinski definition) is 3. The number of halogens is 2. The first-order chi connectivity index (χ1) is 13.8. The van der Waals surface area contributed by atoms with Crippen molar-refractivity contribution >= 4 is 46.6 Å². The van der Waals surface area contributed by atoms with Gasteiger partial charge in [-0.05, 0) is 67.9 Å². The Morgan fingerprint density at radius 3 is 2.17 bits per heavy atom. The Hall–Kier alpha value is -2.14. The van der Waals surface area contributed by atoms with Crippen LogP contribution in [0, 0.1) is 0 Å². The number of ether oxygens (including phenoxy) is 1. The van der Waals surface area contributed by atoms with E-state index in [2.05, 4.69) is 5.32 Å². The highest BCUT2D eigenvalue weighted by molar-refractivity contribution is 7.98. The monoisotopic (exact) mass is 445 g/mol. The van der Waals surface area contributed by atoms with Crippen molar-refractivity contribution < 1.29 is 9.53 Å². The predicted octanol–water partition coefficient (Wildman–Crippen LogP) is 7.08. The second-order valence-corrected chi connectivity index (χ2v) is 8.82. The highest BCUT2D eigenvalue weighted by atomic mass is 35.5. The second kappa shape index (κ2) is 9.57. The molecule has 0 fully saturated rings. The molecule has 0 saturated heterocycles. The maximum absolute atomic E-state index is 12.9. The zero-order valence-electron chi connectivity index (χ0n) is 16.1. The molecule has 0 atom stereocenters. The lowest BCUT2D eigenvalue weighted by atomic mass is 10.1. The van der Waals surface area contributed by atoms with Crippen molar-refractivity contribution in [1.29, 1.82) is 0 Å². The van der Waals surface area contributed by atoms with Crippen LogP contribution in [-0.2, 0) is 10.5 Å². The number of rotatable bonds is 7. The minimum Gasteiger partial charge on any atom is -0.478 e. The molecule has 0 spiro atoms. The Kier molecular flexibility index (Phi) is 7.12. The molecule has 3 nitrogen and oxygen atoms in total. The SMILES string of the molecule is CC(C)(Oc1ccc(Cl)cc1)C(=O)Nc1ccccc1SCc1ccc(Cl)cc1. The molecule has 0 saturated carbocycles. The summed E-state index contributed by atoms with van der Waals surface area (Å²) >= 11 is 13.5. The second-order valence-electron chi connectivity index (χ2n) is 6.93. The van der Waals surface area contributed by atoms with E-state index >= 15 is 0 Å². The van der Waals surface area contributed by atoms with E-state index in [0.29, 0.717) is 15.8 Å². The molecule has 0 unspecified atom stereocenters. The molecular formula is C23H21Cl2NO2S. The Bertz CT molecular complexity index is 973. The van der Waals surface area contributed by atoms with Crippen LogP contribution in [0.4, 0.5) is 5.69 Å². The fourth-order valence-electron chi connectivity index (χ4n) is 2.55. The van der Waals surface area contributed by atoms with E-state index in [4.69, 9.17) is 27.9 Å². The summed E-state index contributed by atoms with van der Waals surface area (Å²) < 4.78 is 5.88. The van der Waals surface area contributed by atoms with Gasteiger partial charge in [-0.25, -0.2) is 0 Å². The normalized spacial score (nSPS) is 11.2. The fraction of sp³-hybridized carbons (Fsp3) is 0.174. The van der Waals surface area contributed by atoms with Gasteiger partial charge < -0.3 is 10.1 Å². The summed E-state index contributed by atoms with van der Waals surface area (Å²) in [5.41, 5.74) is 0.859. The van der Waals surface area contributed by atoms with Gasteiger partial charge in [0.25, 0.3) is 5.91 Å². The third-order valence-corrected chi connectivity index (χ3v) is 5.82. The summed E-state index contributed by atoms with van der Waals surface area (Å²) in [5, 5.41) is 4.33. The first-order valence-electron chi connectivity index (χ1n) is 9.06. The van der Waals surface area contributed by atoms with Crippen LogP contribution in [0.15, 0.2) is 77.7 Å². The molecule has 1 amide bonds. The topological polar surface area (TPSA) is 38.3 Å². The van der Waals surface area contributed by atoms with Gasteiger partial charge >= 0.3 is 0 Å². The lowest BCUT2D eigenvalue weighted by Crippen LogP contribution is -2.42. The van der Waals surface area contributed by atoms with Gasteiger partial charge in [-0.1, -0.05) is 47.5 Å². The maximum Gasteiger partial charge on any atom is 0.268 e. The van der Waals surface area contributed by atoms with E-state index in [1.807, 2.05) is 48.5 Å². The average molecular weight is 446 g/mol. The molecule has 3 aromatic carbocycles. The molecule has 0 aliphatic carbocycles. The van der Waals surface area contributed by atoms with E-state index < -0.39 is 5.60 Å². The number of hydrogen-bond donors (Lipinski definition) is 1. The molecule has 0 bridgehead atoms. The number of anilines is 1. The third kappa shape index (κ3) is 6.17. The lowest BCUT2D eigenvalue weighted by Gasteiger charge is -2.26. The predicted molar refractivity (Wildman–Crippen MR) is 122 cm³/mol. The summed E-state index contributed by atoms with van der Waals surface area (Å²) in [6, 6.07) is 22.4. The van der Waals surface area contributed by atoms with E-state index in [1.54, 1.807) is 49.9 Å². The molecule has 29 heavy (non-hydrogen) atoms. The van der Waals surface area contributed by atoms with Gasteiger partial charge in [-0.2, -0.15) is 0 Å². The summed E-state index contributed by atoms with van der Waals surface area (Å²) in [7, 11) is 0. The molecule has 150 valence electrons. The van der Waals surface area contributed by atoms with Crippen LogP contribution in [0.25, 0.3) is 0 Å². The van der Waals surface area contributed by atoms with Crippen LogP contribution < -0.4 is 10.1 Å². The van der Waals surface area contributed by atoms with Crippen LogP contribution in [0.1, 0.15) is 19.4 Å². The summed E-state index contributed by atoms with van der Waals surface area (Å²) in [5.74, 6) is 1.13. The van der Waals surface area contributed by atoms with Crippen molar-refractivity contribution in [3.63, 3.8) is 0 Å². The van der Waals surface area contributed by atoms with Crippen LogP contribution in [0.2, 0.25) is 10.0 Å². The molecule has 0 radical (unpaired) electrons. The number of carbonyl (C=O) groups is 1. The Labute approximate surface area is 185 Å². The number of nitrogens with one attached hydrogen (secondary N) is 1. The molecular weight excluding hydrogens is 425 g/mol. The van der Waals surface area contributed by atoms with Crippen molar-refractivity contribution in [1.82, 2.24) is 0 Å². The third-order valence-electron chi connectivity index (χ3n) is 4.18. The minimum atomic E-state index is -1.05. The first-order valence-corrected chi connectivity index (χ1v) is 10.8.